The molecule has 1 aliphatic heterocycles. The minimum atomic E-state index is -1.98. The Morgan fingerprint density at radius 1 is 1.65 bits per heavy atom. The van der Waals surface area contributed by atoms with Crippen LogP contribution < -0.4 is 11.4 Å². The third-order valence-corrected chi connectivity index (χ3v) is 4.12. The van der Waals surface area contributed by atoms with Crippen LogP contribution >= 0.6 is 11.6 Å². The molecule has 1 saturated heterocycles. The van der Waals surface area contributed by atoms with E-state index in [9.17, 15) is 18.8 Å². The average Bonchev–Trinajstić information content (AvgIpc) is 2.84. The Kier molecular flexibility index (Phi) is 6.32. The second-order valence-electron chi connectivity index (χ2n) is 5.70. The number of anilines is 1. The minimum absolute atomic E-state index is 0.0180. The number of nitrogen functional groups attached to an aromatic ring is 1. The Morgan fingerprint density at radius 2 is 2.35 bits per heavy atom. The van der Waals surface area contributed by atoms with Crippen molar-refractivity contribution in [3.8, 4) is 0 Å². The quantitative estimate of drug-likeness (QED) is 0.406. The summed E-state index contributed by atoms with van der Waals surface area (Å²) in [5.74, 6) is -0.757. The van der Waals surface area contributed by atoms with E-state index >= 15 is 0 Å². The molecule has 0 spiro atoms. The Morgan fingerprint density at radius 3 is 2.92 bits per heavy atom. The average molecular weight is 392 g/mol. The van der Waals surface area contributed by atoms with Gasteiger partial charge in [-0.2, -0.15) is 4.98 Å². The molecular weight excluding hydrogens is 373 g/mol. The molecule has 0 amide bonds. The smallest absolute Gasteiger partial charge is 0.351 e. The number of rotatable bonds is 7. The molecule has 2 heterocycles. The fourth-order valence-corrected chi connectivity index (χ4v) is 2.65. The molecule has 2 N–H and O–H groups in total. The van der Waals surface area contributed by atoms with Gasteiger partial charge in [0, 0.05) is 12.6 Å². The molecule has 0 bridgehead atoms. The predicted molar refractivity (Wildman–Crippen MR) is 88.2 cm³/mol. The van der Waals surface area contributed by atoms with E-state index in [1.165, 1.54) is 26.1 Å². The number of carbonyl (C=O) groups excluding carboxylic acids is 2. The number of nitrogens with two attached hydrogens (primary N) is 1. The van der Waals surface area contributed by atoms with E-state index in [-0.39, 0.29) is 12.2 Å². The van der Waals surface area contributed by atoms with E-state index < -0.39 is 47.9 Å². The van der Waals surface area contributed by atoms with Crippen LogP contribution in [0.2, 0.25) is 0 Å². The number of nitrogens with zero attached hydrogens (tertiary/aromatic N) is 2. The SMILES string of the molecule is CCC(=O)OC1C(F)C(n2ccc(N)nc2=O)OC1(Cl)COC(C)C=O. The van der Waals surface area contributed by atoms with Gasteiger partial charge in [0.2, 0.25) is 5.06 Å². The van der Waals surface area contributed by atoms with Gasteiger partial charge < -0.3 is 24.7 Å². The van der Waals surface area contributed by atoms with Crippen molar-refractivity contribution in [1.82, 2.24) is 9.55 Å². The number of alkyl halides is 2. The summed E-state index contributed by atoms with van der Waals surface area (Å²) in [5.41, 5.74) is 4.55. The first-order chi connectivity index (χ1) is 12.2. The first kappa shape index (κ1) is 20.3. The lowest BCUT2D eigenvalue weighted by atomic mass is 10.1. The maximum absolute atomic E-state index is 15.0. The highest BCUT2D eigenvalue weighted by Crippen LogP contribution is 2.43. The number of aromatic nitrogens is 2. The van der Waals surface area contributed by atoms with E-state index in [1.807, 2.05) is 0 Å². The number of hydrogen-bond donors (Lipinski definition) is 1. The van der Waals surface area contributed by atoms with Crippen molar-refractivity contribution in [2.75, 3.05) is 12.3 Å². The van der Waals surface area contributed by atoms with Crippen LogP contribution in [-0.2, 0) is 23.8 Å². The molecular formula is C15H19ClFN3O6. The first-order valence-electron chi connectivity index (χ1n) is 7.83. The fourth-order valence-electron chi connectivity index (χ4n) is 2.33. The van der Waals surface area contributed by atoms with Crippen molar-refractivity contribution in [3.05, 3.63) is 22.7 Å². The molecule has 1 fully saturated rings. The van der Waals surface area contributed by atoms with Gasteiger partial charge in [-0.15, -0.1) is 0 Å². The molecule has 1 aliphatic rings. The lowest BCUT2D eigenvalue weighted by Gasteiger charge is -2.27. The fraction of sp³-hybridized carbons (Fsp3) is 0.600. The van der Waals surface area contributed by atoms with E-state index in [4.69, 9.17) is 31.5 Å². The molecule has 26 heavy (non-hydrogen) atoms. The van der Waals surface area contributed by atoms with Crippen LogP contribution in [0.25, 0.3) is 0 Å². The normalized spacial score (nSPS) is 29.3. The highest BCUT2D eigenvalue weighted by atomic mass is 35.5. The summed E-state index contributed by atoms with van der Waals surface area (Å²) in [4.78, 5) is 37.8. The van der Waals surface area contributed by atoms with Crippen LogP contribution in [0.1, 0.15) is 26.5 Å². The number of carbonyl (C=O) groups is 2. The minimum Gasteiger partial charge on any atom is -0.454 e. The molecule has 0 radical (unpaired) electrons. The van der Waals surface area contributed by atoms with Crippen molar-refractivity contribution >= 4 is 29.7 Å². The Balaban J connectivity index is 2.34. The molecule has 2 rings (SSSR count). The number of ether oxygens (including phenoxy) is 3. The Labute approximate surface area is 153 Å². The topological polar surface area (TPSA) is 123 Å². The van der Waals surface area contributed by atoms with Crippen molar-refractivity contribution in [1.29, 1.82) is 0 Å². The summed E-state index contributed by atoms with van der Waals surface area (Å²) in [6, 6.07) is 1.28. The van der Waals surface area contributed by atoms with Gasteiger partial charge in [0.1, 0.15) is 18.2 Å². The summed E-state index contributed by atoms with van der Waals surface area (Å²) in [5, 5.41) is -1.94. The van der Waals surface area contributed by atoms with Gasteiger partial charge in [0.25, 0.3) is 0 Å². The highest BCUT2D eigenvalue weighted by Gasteiger charge is 2.58. The monoisotopic (exact) mass is 391 g/mol. The van der Waals surface area contributed by atoms with Crippen LogP contribution in [0.4, 0.5) is 10.2 Å². The van der Waals surface area contributed by atoms with Crippen molar-refractivity contribution in [2.24, 2.45) is 0 Å². The van der Waals surface area contributed by atoms with Crippen molar-refractivity contribution in [2.45, 2.75) is 49.9 Å². The van der Waals surface area contributed by atoms with Gasteiger partial charge in [-0.3, -0.25) is 9.36 Å². The zero-order chi connectivity index (χ0) is 19.5. The van der Waals surface area contributed by atoms with Gasteiger partial charge in [-0.05, 0) is 13.0 Å². The van der Waals surface area contributed by atoms with Gasteiger partial charge in [-0.1, -0.05) is 18.5 Å². The molecule has 0 aromatic carbocycles. The molecule has 0 saturated carbocycles. The zero-order valence-corrected chi connectivity index (χ0v) is 14.9. The molecule has 5 unspecified atom stereocenters. The second kappa shape index (κ2) is 8.11. The van der Waals surface area contributed by atoms with Gasteiger partial charge in [0.05, 0.1) is 6.61 Å². The van der Waals surface area contributed by atoms with Gasteiger partial charge >= 0.3 is 11.7 Å². The van der Waals surface area contributed by atoms with Crippen LogP contribution in [0.5, 0.6) is 0 Å². The molecule has 1 aromatic heterocycles. The van der Waals surface area contributed by atoms with Crippen LogP contribution in [0.15, 0.2) is 17.1 Å². The third kappa shape index (κ3) is 4.19. The van der Waals surface area contributed by atoms with E-state index in [0.717, 1.165) is 4.57 Å². The van der Waals surface area contributed by atoms with E-state index in [0.29, 0.717) is 6.29 Å². The molecule has 1 aromatic rings. The maximum Gasteiger partial charge on any atom is 0.351 e. The molecule has 11 heteroatoms. The number of hydrogen-bond acceptors (Lipinski definition) is 8. The number of halogens is 2. The van der Waals surface area contributed by atoms with Crippen molar-refractivity contribution < 1.29 is 28.2 Å². The summed E-state index contributed by atoms with van der Waals surface area (Å²) in [6.45, 7) is 2.52. The zero-order valence-electron chi connectivity index (χ0n) is 14.1. The Hall–Kier alpha value is -2.04. The maximum atomic E-state index is 15.0. The lowest BCUT2D eigenvalue weighted by Crippen LogP contribution is -2.45. The first-order valence-corrected chi connectivity index (χ1v) is 8.21. The summed E-state index contributed by atoms with van der Waals surface area (Å²) >= 11 is 6.32. The van der Waals surface area contributed by atoms with Crippen LogP contribution in [0.3, 0.4) is 0 Å². The second-order valence-corrected chi connectivity index (χ2v) is 6.34. The largest absolute Gasteiger partial charge is 0.454 e. The van der Waals surface area contributed by atoms with Crippen LogP contribution in [-0.4, -0.2) is 51.9 Å². The van der Waals surface area contributed by atoms with Gasteiger partial charge in [-0.25, -0.2) is 9.18 Å². The summed E-state index contributed by atoms with van der Waals surface area (Å²) in [7, 11) is 0. The molecule has 0 aliphatic carbocycles. The number of esters is 1. The predicted octanol–water partition coefficient (Wildman–Crippen LogP) is 0.553. The third-order valence-electron chi connectivity index (χ3n) is 3.71. The molecule has 5 atom stereocenters. The molecule has 9 nitrogen and oxygen atoms in total. The molecule has 144 valence electrons. The standard InChI is InChI=1S/C15H19ClFN3O6/c1-3-10(22)25-12-11(17)13(20-5-4-9(18)19-14(20)23)26-15(12,16)7-24-8(2)6-21/h4-6,8,11-13H,3,7H2,1-2H3,(H2,18,19,23). The highest BCUT2D eigenvalue weighted by molar-refractivity contribution is 6.23. The van der Waals surface area contributed by atoms with Crippen LogP contribution in [0, 0.1) is 0 Å². The lowest BCUT2D eigenvalue weighted by molar-refractivity contribution is -0.160. The van der Waals surface area contributed by atoms with Gasteiger partial charge in [0.15, 0.2) is 18.5 Å². The number of aldehydes is 1. The van der Waals surface area contributed by atoms with E-state index in [1.54, 1.807) is 0 Å². The summed E-state index contributed by atoms with van der Waals surface area (Å²) < 4.78 is 31.6. The Bertz CT molecular complexity index is 732. The van der Waals surface area contributed by atoms with Crippen molar-refractivity contribution in [3.63, 3.8) is 0 Å². The van der Waals surface area contributed by atoms with E-state index in [2.05, 4.69) is 4.98 Å². The summed E-state index contributed by atoms with van der Waals surface area (Å²) in [6.07, 6.45) is -4.21.